The summed E-state index contributed by atoms with van der Waals surface area (Å²) in [5.41, 5.74) is 1.57. The van der Waals surface area contributed by atoms with E-state index >= 15 is 0 Å². The maximum atomic E-state index is 11.3. The smallest absolute Gasteiger partial charge is 0.338 e. The van der Waals surface area contributed by atoms with Gasteiger partial charge in [0, 0.05) is 12.2 Å². The Morgan fingerprint density at radius 1 is 1.29 bits per heavy atom. The quantitative estimate of drug-likeness (QED) is 0.653. The molecule has 17 heavy (non-hydrogen) atoms. The molecule has 0 heterocycles. The lowest BCUT2D eigenvalue weighted by atomic mass is 10.0. The minimum absolute atomic E-state index is 0.0226. The zero-order valence-electron chi connectivity index (χ0n) is 9.81. The number of aliphatic hydroxyl groups excluding tert-OH is 1. The highest BCUT2D eigenvalue weighted by atomic mass is 16.4. The van der Waals surface area contributed by atoms with Gasteiger partial charge in [-0.2, -0.15) is 0 Å². The van der Waals surface area contributed by atoms with Gasteiger partial charge >= 0.3 is 5.97 Å². The zero-order chi connectivity index (χ0) is 12.7. The second kappa shape index (κ2) is 6.70. The van der Waals surface area contributed by atoms with Crippen molar-refractivity contribution in [2.75, 3.05) is 13.2 Å². The first-order valence-corrected chi connectivity index (χ1v) is 5.57. The number of carboxylic acids is 1. The summed E-state index contributed by atoms with van der Waals surface area (Å²) in [7, 11) is 0. The Morgan fingerprint density at radius 2 is 1.94 bits per heavy atom. The van der Waals surface area contributed by atoms with Crippen molar-refractivity contribution in [1.29, 1.82) is 0 Å². The van der Waals surface area contributed by atoms with Gasteiger partial charge in [-0.3, -0.25) is 0 Å². The lowest BCUT2D eigenvalue weighted by Gasteiger charge is -2.12. The predicted octanol–water partition coefficient (Wildman–Crippen LogP) is 1.47. The van der Waals surface area contributed by atoms with Crippen molar-refractivity contribution < 1.29 is 15.0 Å². The van der Waals surface area contributed by atoms with Gasteiger partial charge in [0.2, 0.25) is 0 Å². The fourth-order valence-electron chi connectivity index (χ4n) is 1.63. The van der Waals surface area contributed by atoms with Gasteiger partial charge in [0.1, 0.15) is 0 Å². The molecule has 0 saturated heterocycles. The predicted molar refractivity (Wildman–Crippen MR) is 66.4 cm³/mol. The molecule has 0 fully saturated rings. The van der Waals surface area contributed by atoms with Crippen LogP contribution in [0.5, 0.6) is 0 Å². The maximum Gasteiger partial charge on any atom is 0.338 e. The van der Waals surface area contributed by atoms with Crippen LogP contribution >= 0.6 is 0 Å². The van der Waals surface area contributed by atoms with E-state index < -0.39 is 5.97 Å². The Hall–Kier alpha value is -1.81. The van der Waals surface area contributed by atoms with Crippen molar-refractivity contribution in [2.24, 2.45) is 0 Å². The van der Waals surface area contributed by atoms with Crippen LogP contribution in [0, 0.1) is 0 Å². The van der Waals surface area contributed by atoms with Crippen molar-refractivity contribution in [3.63, 3.8) is 0 Å². The number of benzene rings is 1. The zero-order valence-corrected chi connectivity index (χ0v) is 9.81. The molecule has 4 heteroatoms. The summed E-state index contributed by atoms with van der Waals surface area (Å²) in [6.07, 6.45) is 0.580. The molecule has 0 amide bonds. The van der Waals surface area contributed by atoms with Crippen molar-refractivity contribution >= 4 is 11.5 Å². The van der Waals surface area contributed by atoms with E-state index in [2.05, 4.69) is 5.32 Å². The first kappa shape index (κ1) is 13.3. The molecular weight excluding hydrogens is 218 g/mol. The number of hydrogen-bond acceptors (Lipinski definition) is 3. The number of carboxylic acid groups (broad SMARTS) is 1. The Morgan fingerprint density at radius 3 is 2.41 bits per heavy atom. The summed E-state index contributed by atoms with van der Waals surface area (Å²) in [5, 5.41) is 21.0. The van der Waals surface area contributed by atoms with Crippen molar-refractivity contribution in [3.8, 4) is 0 Å². The van der Waals surface area contributed by atoms with Gasteiger partial charge in [0.15, 0.2) is 0 Å². The number of aliphatic carboxylic acids is 1. The summed E-state index contributed by atoms with van der Waals surface area (Å²) in [4.78, 5) is 11.3. The van der Waals surface area contributed by atoms with Crippen molar-refractivity contribution in [3.05, 3.63) is 41.6 Å². The lowest BCUT2D eigenvalue weighted by molar-refractivity contribution is -0.130. The van der Waals surface area contributed by atoms with Gasteiger partial charge in [-0.1, -0.05) is 37.3 Å². The van der Waals surface area contributed by atoms with Crippen LogP contribution in [0.25, 0.3) is 5.57 Å². The van der Waals surface area contributed by atoms with Gasteiger partial charge in [-0.15, -0.1) is 0 Å². The van der Waals surface area contributed by atoms with Gasteiger partial charge < -0.3 is 15.5 Å². The van der Waals surface area contributed by atoms with Gasteiger partial charge in [-0.25, -0.2) is 4.79 Å². The summed E-state index contributed by atoms with van der Waals surface area (Å²) in [5.74, 6) is -0.960. The van der Waals surface area contributed by atoms with Crippen LogP contribution in [-0.4, -0.2) is 29.3 Å². The molecule has 1 aromatic rings. The van der Waals surface area contributed by atoms with Crippen LogP contribution in [0.3, 0.4) is 0 Å². The monoisotopic (exact) mass is 235 g/mol. The molecule has 0 saturated carbocycles. The summed E-state index contributed by atoms with van der Waals surface area (Å²) < 4.78 is 0. The highest BCUT2D eigenvalue weighted by Crippen LogP contribution is 2.19. The van der Waals surface area contributed by atoms with Gasteiger partial charge in [0.05, 0.1) is 12.2 Å². The molecule has 0 unspecified atom stereocenters. The molecule has 1 aromatic carbocycles. The second-order valence-electron chi connectivity index (χ2n) is 3.53. The molecule has 0 atom stereocenters. The minimum Gasteiger partial charge on any atom is -0.478 e. The molecule has 0 aliphatic rings. The third-order valence-electron chi connectivity index (χ3n) is 2.38. The van der Waals surface area contributed by atoms with E-state index in [1.54, 1.807) is 24.3 Å². The SMILES string of the molecule is CCC(NCCO)=C(C(=O)O)c1ccccc1. The number of nitrogens with one attached hydrogen (secondary N) is 1. The van der Waals surface area contributed by atoms with Crippen LogP contribution in [0.15, 0.2) is 36.0 Å². The van der Waals surface area contributed by atoms with Crippen molar-refractivity contribution in [2.45, 2.75) is 13.3 Å². The molecule has 4 nitrogen and oxygen atoms in total. The first-order valence-electron chi connectivity index (χ1n) is 5.57. The van der Waals surface area contributed by atoms with E-state index in [0.29, 0.717) is 24.2 Å². The second-order valence-corrected chi connectivity index (χ2v) is 3.53. The van der Waals surface area contributed by atoms with Gasteiger partial charge in [-0.05, 0) is 12.0 Å². The standard InChI is InChI=1S/C13H17NO3/c1-2-11(14-8-9-15)12(13(16)17)10-6-4-3-5-7-10/h3-7,14-15H,2,8-9H2,1H3,(H,16,17). The van der Waals surface area contributed by atoms with E-state index in [1.165, 1.54) is 0 Å². The van der Waals surface area contributed by atoms with Crippen LogP contribution in [0.2, 0.25) is 0 Å². The molecule has 0 radical (unpaired) electrons. The molecule has 0 spiro atoms. The summed E-state index contributed by atoms with van der Waals surface area (Å²) in [6, 6.07) is 8.98. The van der Waals surface area contributed by atoms with E-state index in [0.717, 1.165) is 0 Å². The number of rotatable bonds is 6. The number of aliphatic hydroxyl groups is 1. The fraction of sp³-hybridized carbons (Fsp3) is 0.308. The molecule has 0 aromatic heterocycles. The molecule has 0 bridgehead atoms. The Labute approximate surface area is 101 Å². The molecule has 0 aliphatic heterocycles. The Bertz CT molecular complexity index is 398. The molecule has 0 aliphatic carbocycles. The highest BCUT2D eigenvalue weighted by molar-refractivity contribution is 6.16. The summed E-state index contributed by atoms with van der Waals surface area (Å²) >= 11 is 0. The molecule has 1 rings (SSSR count). The topological polar surface area (TPSA) is 69.6 Å². The van der Waals surface area contributed by atoms with E-state index in [1.807, 2.05) is 13.0 Å². The number of carbonyl (C=O) groups is 1. The van der Waals surface area contributed by atoms with E-state index in [-0.39, 0.29) is 12.2 Å². The Balaban J connectivity index is 3.13. The number of hydrogen-bond donors (Lipinski definition) is 3. The van der Waals surface area contributed by atoms with Crippen LogP contribution in [0.1, 0.15) is 18.9 Å². The van der Waals surface area contributed by atoms with Crippen LogP contribution in [-0.2, 0) is 4.79 Å². The van der Waals surface area contributed by atoms with Crippen LogP contribution < -0.4 is 5.32 Å². The van der Waals surface area contributed by atoms with Crippen molar-refractivity contribution in [1.82, 2.24) is 5.32 Å². The first-order chi connectivity index (χ1) is 8.20. The van der Waals surface area contributed by atoms with Gasteiger partial charge in [0.25, 0.3) is 0 Å². The largest absolute Gasteiger partial charge is 0.478 e. The minimum atomic E-state index is -0.960. The molecular formula is C13H17NO3. The number of allylic oxidation sites excluding steroid dienone is 1. The maximum absolute atomic E-state index is 11.3. The van der Waals surface area contributed by atoms with E-state index in [9.17, 15) is 9.90 Å². The highest BCUT2D eigenvalue weighted by Gasteiger charge is 2.15. The lowest BCUT2D eigenvalue weighted by Crippen LogP contribution is -2.20. The molecule has 3 N–H and O–H groups in total. The fourth-order valence-corrected chi connectivity index (χ4v) is 1.63. The normalized spacial score (nSPS) is 11.9. The Kier molecular flexibility index (Phi) is 5.23. The average Bonchev–Trinajstić information content (AvgIpc) is 2.35. The summed E-state index contributed by atoms with van der Waals surface area (Å²) in [6.45, 7) is 2.21. The third kappa shape index (κ3) is 3.60. The average molecular weight is 235 g/mol. The third-order valence-corrected chi connectivity index (χ3v) is 2.38. The van der Waals surface area contributed by atoms with E-state index in [4.69, 9.17) is 5.11 Å². The van der Waals surface area contributed by atoms with Crippen LogP contribution in [0.4, 0.5) is 0 Å². The molecule has 92 valence electrons.